The number of hydrogen-bond donors (Lipinski definition) is 0. The molecule has 9 heteroatoms. The van der Waals surface area contributed by atoms with Crippen molar-refractivity contribution in [3.63, 3.8) is 0 Å². The van der Waals surface area contributed by atoms with E-state index >= 15 is 0 Å². The maximum Gasteiger partial charge on any atom is 0.339 e. The van der Waals surface area contributed by atoms with E-state index in [2.05, 4.69) is 8.92 Å². The Bertz CT molecular complexity index is 660. The Labute approximate surface area is 129 Å². The molecule has 0 spiro atoms. The highest BCUT2D eigenvalue weighted by Gasteiger charge is 2.22. The molecular formula is C13H19NO7S. The molecule has 0 aliphatic heterocycles. The van der Waals surface area contributed by atoms with E-state index in [1.165, 1.54) is 14.2 Å². The number of hydrogen-bond acceptors (Lipinski definition) is 7. The van der Waals surface area contributed by atoms with Crippen molar-refractivity contribution in [2.45, 2.75) is 19.9 Å². The molecule has 0 radical (unpaired) electrons. The standard InChI is InChI=1S/C13H19NO7S/c1-9-8-14(5-6-21-22(4,17)18)10(7-11(15)19-2)12(9)13(16)20-3/h8H,5-7H2,1-4H3. The molecule has 0 fully saturated rings. The Balaban J connectivity index is 3.09. The maximum absolute atomic E-state index is 11.9. The van der Waals surface area contributed by atoms with Gasteiger partial charge in [0.05, 0.1) is 39.1 Å². The van der Waals surface area contributed by atoms with E-state index in [0.29, 0.717) is 11.3 Å². The highest BCUT2D eigenvalue weighted by Crippen LogP contribution is 2.19. The summed E-state index contributed by atoms with van der Waals surface area (Å²) in [6.45, 7) is 1.75. The predicted molar refractivity (Wildman–Crippen MR) is 77.0 cm³/mol. The van der Waals surface area contributed by atoms with Crippen LogP contribution in [0.15, 0.2) is 6.20 Å². The van der Waals surface area contributed by atoms with Crippen LogP contribution in [0.25, 0.3) is 0 Å². The molecule has 124 valence electrons. The smallest absolute Gasteiger partial charge is 0.339 e. The van der Waals surface area contributed by atoms with Crippen LogP contribution < -0.4 is 0 Å². The first-order chi connectivity index (χ1) is 10.2. The van der Waals surface area contributed by atoms with E-state index in [-0.39, 0.29) is 25.1 Å². The summed E-state index contributed by atoms with van der Waals surface area (Å²) in [5, 5.41) is 0. The predicted octanol–water partition coefficient (Wildman–Crippen LogP) is 0.275. The molecule has 0 aliphatic rings. The van der Waals surface area contributed by atoms with Gasteiger partial charge in [-0.1, -0.05) is 0 Å². The van der Waals surface area contributed by atoms with Crippen molar-refractivity contribution < 1.29 is 31.7 Å². The highest BCUT2D eigenvalue weighted by atomic mass is 32.2. The number of carbonyl (C=O) groups excluding carboxylic acids is 2. The first kappa shape index (κ1) is 18.2. The number of rotatable bonds is 7. The number of esters is 2. The van der Waals surface area contributed by atoms with Crippen LogP contribution in [0.3, 0.4) is 0 Å². The molecule has 0 saturated carbocycles. The summed E-state index contributed by atoms with van der Waals surface area (Å²) >= 11 is 0. The number of ether oxygens (including phenoxy) is 2. The summed E-state index contributed by atoms with van der Waals surface area (Å²) < 4.78 is 37.5. The average Bonchev–Trinajstić information content (AvgIpc) is 2.72. The lowest BCUT2D eigenvalue weighted by molar-refractivity contribution is -0.139. The first-order valence-corrected chi connectivity index (χ1v) is 8.19. The molecule has 0 atom stereocenters. The molecule has 0 aliphatic carbocycles. The summed E-state index contributed by atoms with van der Waals surface area (Å²) in [4.78, 5) is 23.4. The Kier molecular flexibility index (Phi) is 6.12. The van der Waals surface area contributed by atoms with Gasteiger partial charge in [0.25, 0.3) is 10.1 Å². The molecular weight excluding hydrogens is 314 g/mol. The molecule has 0 unspecified atom stereocenters. The largest absolute Gasteiger partial charge is 0.469 e. The topological polar surface area (TPSA) is 101 Å². The Morgan fingerprint density at radius 1 is 1.23 bits per heavy atom. The molecule has 1 aromatic heterocycles. The molecule has 1 aromatic rings. The van der Waals surface area contributed by atoms with Crippen molar-refractivity contribution in [1.82, 2.24) is 4.57 Å². The van der Waals surface area contributed by atoms with Crippen molar-refractivity contribution in [2.75, 3.05) is 27.1 Å². The third kappa shape index (κ3) is 4.85. The van der Waals surface area contributed by atoms with E-state index in [9.17, 15) is 18.0 Å². The minimum atomic E-state index is -3.56. The molecule has 1 rings (SSSR count). The van der Waals surface area contributed by atoms with Crippen molar-refractivity contribution in [3.8, 4) is 0 Å². The minimum absolute atomic E-state index is 0.109. The lowest BCUT2D eigenvalue weighted by atomic mass is 10.1. The van der Waals surface area contributed by atoms with E-state index in [4.69, 9.17) is 4.74 Å². The number of carbonyl (C=O) groups is 2. The fraction of sp³-hybridized carbons (Fsp3) is 0.538. The number of nitrogens with zero attached hydrogens (tertiary/aromatic N) is 1. The quantitative estimate of drug-likeness (QED) is 0.521. The third-order valence-corrected chi connectivity index (χ3v) is 3.53. The number of methoxy groups -OCH3 is 2. The number of aromatic nitrogens is 1. The summed E-state index contributed by atoms with van der Waals surface area (Å²) in [7, 11) is -1.07. The number of aryl methyl sites for hydroxylation is 1. The summed E-state index contributed by atoms with van der Waals surface area (Å²) in [5.41, 5.74) is 1.28. The molecule has 0 amide bonds. The second-order valence-corrected chi connectivity index (χ2v) is 6.24. The molecule has 0 aromatic carbocycles. The van der Waals surface area contributed by atoms with Gasteiger partial charge in [-0.3, -0.25) is 8.98 Å². The van der Waals surface area contributed by atoms with Crippen LogP contribution in [0.1, 0.15) is 21.6 Å². The van der Waals surface area contributed by atoms with Crippen molar-refractivity contribution >= 4 is 22.1 Å². The van der Waals surface area contributed by atoms with Gasteiger partial charge in [-0.05, 0) is 12.5 Å². The third-order valence-electron chi connectivity index (χ3n) is 2.94. The average molecular weight is 333 g/mol. The van der Waals surface area contributed by atoms with Crippen LogP contribution in [0.2, 0.25) is 0 Å². The van der Waals surface area contributed by atoms with Gasteiger partial charge in [-0.15, -0.1) is 0 Å². The van der Waals surface area contributed by atoms with E-state index in [1.54, 1.807) is 17.7 Å². The SMILES string of the molecule is COC(=O)Cc1c(C(=O)OC)c(C)cn1CCOS(C)(=O)=O. The normalized spacial score (nSPS) is 11.3. The fourth-order valence-corrected chi connectivity index (χ4v) is 2.39. The molecule has 1 heterocycles. The van der Waals surface area contributed by atoms with Gasteiger partial charge in [-0.25, -0.2) is 4.79 Å². The molecule has 0 bridgehead atoms. The summed E-state index contributed by atoms with van der Waals surface area (Å²) in [6.07, 6.45) is 2.45. The molecule has 22 heavy (non-hydrogen) atoms. The van der Waals surface area contributed by atoms with E-state index in [0.717, 1.165) is 6.26 Å². The first-order valence-electron chi connectivity index (χ1n) is 6.37. The molecule has 0 N–H and O–H groups in total. The van der Waals surface area contributed by atoms with Gasteiger partial charge in [0.15, 0.2) is 0 Å². The van der Waals surface area contributed by atoms with Gasteiger partial charge in [0.1, 0.15) is 0 Å². The highest BCUT2D eigenvalue weighted by molar-refractivity contribution is 7.85. The maximum atomic E-state index is 11.9. The van der Waals surface area contributed by atoms with Crippen LogP contribution in [0.5, 0.6) is 0 Å². The minimum Gasteiger partial charge on any atom is -0.469 e. The monoisotopic (exact) mass is 333 g/mol. The molecule has 0 saturated heterocycles. The van der Waals surface area contributed by atoms with Gasteiger partial charge >= 0.3 is 11.9 Å². The lowest BCUT2D eigenvalue weighted by Crippen LogP contribution is -2.17. The van der Waals surface area contributed by atoms with Crippen molar-refractivity contribution in [1.29, 1.82) is 0 Å². The van der Waals surface area contributed by atoms with E-state index < -0.39 is 22.1 Å². The summed E-state index contributed by atoms with van der Waals surface area (Å²) in [5.74, 6) is -1.09. The lowest BCUT2D eigenvalue weighted by Gasteiger charge is -2.10. The van der Waals surface area contributed by atoms with Crippen LogP contribution in [-0.2, 0) is 41.5 Å². The van der Waals surface area contributed by atoms with Crippen LogP contribution >= 0.6 is 0 Å². The van der Waals surface area contributed by atoms with Crippen molar-refractivity contribution in [3.05, 3.63) is 23.0 Å². The zero-order chi connectivity index (χ0) is 16.9. The van der Waals surface area contributed by atoms with Crippen molar-refractivity contribution in [2.24, 2.45) is 0 Å². The van der Waals surface area contributed by atoms with Gasteiger partial charge in [0, 0.05) is 18.4 Å². The second-order valence-electron chi connectivity index (χ2n) is 4.60. The Hall–Kier alpha value is -1.87. The second kappa shape index (κ2) is 7.41. The van der Waals surface area contributed by atoms with Crippen LogP contribution in [-0.4, -0.2) is 52.0 Å². The van der Waals surface area contributed by atoms with Gasteiger partial charge in [-0.2, -0.15) is 8.42 Å². The fourth-order valence-electron chi connectivity index (χ4n) is 2.01. The van der Waals surface area contributed by atoms with Crippen LogP contribution in [0, 0.1) is 6.92 Å². The van der Waals surface area contributed by atoms with Gasteiger partial charge in [0.2, 0.25) is 0 Å². The molecule has 8 nitrogen and oxygen atoms in total. The zero-order valence-corrected chi connectivity index (χ0v) is 13.7. The van der Waals surface area contributed by atoms with Crippen LogP contribution in [0.4, 0.5) is 0 Å². The van der Waals surface area contributed by atoms with E-state index in [1.807, 2.05) is 0 Å². The zero-order valence-electron chi connectivity index (χ0n) is 12.9. The Morgan fingerprint density at radius 3 is 2.36 bits per heavy atom. The Morgan fingerprint density at radius 2 is 1.86 bits per heavy atom. The summed E-state index contributed by atoms with van der Waals surface area (Å²) in [6, 6.07) is 0. The van der Waals surface area contributed by atoms with Gasteiger partial charge < -0.3 is 14.0 Å².